The highest BCUT2D eigenvalue weighted by molar-refractivity contribution is 6.09. The van der Waals surface area contributed by atoms with Crippen LogP contribution in [0.25, 0.3) is 11.0 Å². The van der Waals surface area contributed by atoms with E-state index in [1.165, 1.54) is 12.1 Å². The van der Waals surface area contributed by atoms with Gasteiger partial charge in [-0.25, -0.2) is 9.18 Å². The first kappa shape index (κ1) is 17.0. The van der Waals surface area contributed by atoms with Crippen molar-refractivity contribution in [1.29, 1.82) is 0 Å². The summed E-state index contributed by atoms with van der Waals surface area (Å²) in [6.07, 6.45) is 2.91. The van der Waals surface area contributed by atoms with E-state index >= 15 is 0 Å². The molecule has 0 radical (unpaired) electrons. The van der Waals surface area contributed by atoms with E-state index in [0.717, 1.165) is 35.2 Å². The molecule has 0 spiro atoms. The molecule has 1 aromatic heterocycles. The monoisotopic (exact) mass is 378 g/mol. The highest BCUT2D eigenvalue weighted by Gasteiger charge is 2.28. The zero-order chi connectivity index (χ0) is 19.4. The van der Waals surface area contributed by atoms with Gasteiger partial charge in [-0.2, -0.15) is 5.10 Å². The maximum absolute atomic E-state index is 13.2. The minimum atomic E-state index is -0.303. The lowest BCUT2D eigenvalue weighted by atomic mass is 9.93. The van der Waals surface area contributed by atoms with E-state index in [1.807, 2.05) is 6.92 Å². The van der Waals surface area contributed by atoms with Crippen LogP contribution in [0.1, 0.15) is 46.7 Å². The van der Waals surface area contributed by atoms with Gasteiger partial charge in [0.05, 0.1) is 17.1 Å². The van der Waals surface area contributed by atoms with Crippen molar-refractivity contribution < 1.29 is 13.9 Å². The first-order chi connectivity index (χ1) is 13.5. The predicted molar refractivity (Wildman–Crippen MR) is 104 cm³/mol. The van der Waals surface area contributed by atoms with Crippen molar-refractivity contribution in [2.24, 2.45) is 5.10 Å². The van der Waals surface area contributed by atoms with Crippen LogP contribution in [0.4, 0.5) is 4.39 Å². The average molecular weight is 378 g/mol. The number of aromatic hydroxyl groups is 1. The highest BCUT2D eigenvalue weighted by atomic mass is 19.1. The zero-order valence-corrected chi connectivity index (χ0v) is 15.4. The summed E-state index contributed by atoms with van der Waals surface area (Å²) in [7, 11) is 0. The molecule has 2 N–H and O–H groups in total. The molecule has 6 heteroatoms. The largest absolute Gasteiger partial charge is 0.506 e. The Morgan fingerprint density at radius 3 is 2.75 bits per heavy atom. The Morgan fingerprint density at radius 1 is 1.21 bits per heavy atom. The average Bonchev–Trinajstić information content (AvgIpc) is 3.32. The normalized spacial score (nSPS) is 18.2. The summed E-state index contributed by atoms with van der Waals surface area (Å²) in [5, 5.41) is 16.2. The Morgan fingerprint density at radius 2 is 1.96 bits per heavy atom. The molecule has 5 rings (SSSR count). The van der Waals surface area contributed by atoms with Crippen molar-refractivity contribution in [2.45, 2.75) is 38.6 Å². The zero-order valence-electron chi connectivity index (χ0n) is 15.4. The van der Waals surface area contributed by atoms with E-state index in [4.69, 9.17) is 4.42 Å². The number of hydrogen-bond acceptors (Lipinski definition) is 5. The standard InChI is InChI=1S/C22H19FN2O3/c1-11-9-18-20(14-3-2-4-15(14)22(27)28-18)21(26)19(11)17-10-16(24-25-17)12-5-7-13(23)8-6-12/h5-9,16,24,26H,2-4,10H2,1H3/t16-/m0/s1. The lowest BCUT2D eigenvalue weighted by molar-refractivity contribution is 0.476. The van der Waals surface area contributed by atoms with E-state index in [0.29, 0.717) is 34.9 Å². The molecule has 2 aliphatic rings. The van der Waals surface area contributed by atoms with Crippen LogP contribution in [0.2, 0.25) is 0 Å². The first-order valence-corrected chi connectivity index (χ1v) is 9.42. The van der Waals surface area contributed by atoms with Crippen molar-refractivity contribution in [3.8, 4) is 5.75 Å². The molecular formula is C22H19FN2O3. The second-order valence-electron chi connectivity index (χ2n) is 7.49. The van der Waals surface area contributed by atoms with Crippen LogP contribution in [0.3, 0.4) is 0 Å². The molecule has 1 aliphatic heterocycles. The number of phenols is 1. The molecule has 28 heavy (non-hydrogen) atoms. The fourth-order valence-electron chi connectivity index (χ4n) is 4.40. The van der Waals surface area contributed by atoms with E-state index in [1.54, 1.807) is 18.2 Å². The molecule has 0 unspecified atom stereocenters. The lowest BCUT2D eigenvalue weighted by Crippen LogP contribution is -2.10. The lowest BCUT2D eigenvalue weighted by Gasteiger charge is -2.14. The van der Waals surface area contributed by atoms with Crippen LogP contribution < -0.4 is 11.1 Å². The number of rotatable bonds is 2. The molecule has 2 aromatic carbocycles. The van der Waals surface area contributed by atoms with E-state index < -0.39 is 0 Å². The molecule has 1 aliphatic carbocycles. The van der Waals surface area contributed by atoms with Gasteiger partial charge in [0.2, 0.25) is 0 Å². The van der Waals surface area contributed by atoms with E-state index in [9.17, 15) is 14.3 Å². The third-order valence-electron chi connectivity index (χ3n) is 5.74. The SMILES string of the molecule is Cc1cc2oc(=O)c3c(c2c(O)c1C1=NN[C@H](c2ccc(F)cc2)C1)CCC3. The molecule has 142 valence electrons. The number of benzene rings is 2. The number of halogens is 1. The second kappa shape index (κ2) is 6.19. The van der Waals surface area contributed by atoms with Gasteiger partial charge in [0.15, 0.2) is 0 Å². The second-order valence-corrected chi connectivity index (χ2v) is 7.49. The summed E-state index contributed by atoms with van der Waals surface area (Å²) >= 11 is 0. The maximum atomic E-state index is 13.2. The Bertz CT molecular complexity index is 1200. The molecule has 0 amide bonds. The van der Waals surface area contributed by atoms with Crippen LogP contribution in [0, 0.1) is 12.7 Å². The number of hydrogen-bond donors (Lipinski definition) is 2. The smallest absolute Gasteiger partial charge is 0.339 e. The van der Waals surface area contributed by atoms with Gasteiger partial charge in [-0.3, -0.25) is 0 Å². The molecule has 1 atom stereocenters. The van der Waals surface area contributed by atoms with Crippen molar-refractivity contribution in [1.82, 2.24) is 5.43 Å². The van der Waals surface area contributed by atoms with Crippen molar-refractivity contribution in [2.75, 3.05) is 0 Å². The molecule has 0 bridgehead atoms. The van der Waals surface area contributed by atoms with Crippen molar-refractivity contribution >= 4 is 16.7 Å². The fraction of sp³-hybridized carbons (Fsp3) is 0.273. The topological polar surface area (TPSA) is 74.8 Å². The van der Waals surface area contributed by atoms with Gasteiger partial charge in [-0.1, -0.05) is 12.1 Å². The quantitative estimate of drug-likeness (QED) is 0.664. The number of fused-ring (bicyclic) bond motifs is 3. The Kier molecular flexibility index (Phi) is 3.75. The summed E-state index contributed by atoms with van der Waals surface area (Å²) in [4.78, 5) is 12.2. The van der Waals surface area contributed by atoms with Gasteiger partial charge in [0.25, 0.3) is 0 Å². The fourth-order valence-corrected chi connectivity index (χ4v) is 4.40. The van der Waals surface area contributed by atoms with Crippen LogP contribution in [-0.4, -0.2) is 10.8 Å². The Hall–Kier alpha value is -3.15. The summed E-state index contributed by atoms with van der Waals surface area (Å²) in [6.45, 7) is 1.87. The molecule has 0 fully saturated rings. The number of aryl methyl sites for hydroxylation is 2. The number of hydrazone groups is 1. The molecule has 0 saturated heterocycles. The third kappa shape index (κ3) is 2.52. The van der Waals surface area contributed by atoms with Gasteiger partial charge >= 0.3 is 5.63 Å². The van der Waals surface area contributed by atoms with Crippen LogP contribution >= 0.6 is 0 Å². The van der Waals surface area contributed by atoms with Crippen molar-refractivity contribution in [3.63, 3.8) is 0 Å². The summed E-state index contributed by atoms with van der Waals surface area (Å²) in [6, 6.07) is 8.06. The van der Waals surface area contributed by atoms with Gasteiger partial charge < -0.3 is 14.9 Å². The summed E-state index contributed by atoms with van der Waals surface area (Å²) in [5.41, 5.74) is 7.92. The van der Waals surface area contributed by atoms with Crippen LogP contribution in [0.5, 0.6) is 5.75 Å². The van der Waals surface area contributed by atoms with Crippen LogP contribution in [0.15, 0.2) is 44.6 Å². The van der Waals surface area contributed by atoms with Crippen LogP contribution in [-0.2, 0) is 12.8 Å². The number of phenolic OH excluding ortho intramolecular Hbond substituents is 1. The van der Waals surface area contributed by atoms with Gasteiger partial charge in [-0.05, 0) is 61.1 Å². The minimum Gasteiger partial charge on any atom is -0.506 e. The first-order valence-electron chi connectivity index (χ1n) is 9.42. The number of nitrogens with one attached hydrogen (secondary N) is 1. The summed E-state index contributed by atoms with van der Waals surface area (Å²) in [5.74, 6) is -0.154. The summed E-state index contributed by atoms with van der Waals surface area (Å²) < 4.78 is 18.7. The van der Waals surface area contributed by atoms with Gasteiger partial charge in [0, 0.05) is 17.5 Å². The highest BCUT2D eigenvalue weighted by Crippen LogP contribution is 2.39. The minimum absolute atomic E-state index is 0.0792. The molecule has 5 nitrogen and oxygen atoms in total. The third-order valence-corrected chi connectivity index (χ3v) is 5.74. The van der Waals surface area contributed by atoms with E-state index in [2.05, 4.69) is 10.5 Å². The Balaban J connectivity index is 1.59. The maximum Gasteiger partial charge on any atom is 0.339 e. The van der Waals surface area contributed by atoms with E-state index in [-0.39, 0.29) is 23.2 Å². The predicted octanol–water partition coefficient (Wildman–Crippen LogP) is 3.87. The molecule has 2 heterocycles. The van der Waals surface area contributed by atoms with Gasteiger partial charge in [-0.15, -0.1) is 0 Å². The Labute approximate surface area is 160 Å². The van der Waals surface area contributed by atoms with Crippen molar-refractivity contribution in [3.05, 3.63) is 74.4 Å². The molecule has 0 saturated carbocycles. The number of nitrogens with zero attached hydrogens (tertiary/aromatic N) is 1. The molecule has 3 aromatic rings. The molecular weight excluding hydrogens is 359 g/mol. The van der Waals surface area contributed by atoms with Gasteiger partial charge in [0.1, 0.15) is 17.1 Å².